The lowest BCUT2D eigenvalue weighted by molar-refractivity contribution is -0.141. The van der Waals surface area contributed by atoms with Gasteiger partial charge >= 0.3 is 0 Å². The van der Waals surface area contributed by atoms with Crippen LogP contribution < -0.4 is 0 Å². The van der Waals surface area contributed by atoms with Crippen LogP contribution in [-0.4, -0.2) is 55.0 Å². The second-order valence-electron chi connectivity index (χ2n) is 5.86. The predicted octanol–water partition coefficient (Wildman–Crippen LogP) is 0.889. The molecule has 22 heavy (non-hydrogen) atoms. The Morgan fingerprint density at radius 2 is 1.91 bits per heavy atom. The van der Waals surface area contributed by atoms with Crippen LogP contribution in [0.2, 0.25) is 0 Å². The van der Waals surface area contributed by atoms with Crippen LogP contribution in [0.4, 0.5) is 4.39 Å². The van der Waals surface area contributed by atoms with Crippen molar-refractivity contribution in [1.29, 1.82) is 0 Å². The molecule has 2 atom stereocenters. The molecule has 0 bridgehead atoms. The topological polar surface area (TPSA) is 49.9 Å². The molecule has 0 radical (unpaired) electrons. The second kappa shape index (κ2) is 6.14. The molecule has 2 heterocycles. The largest absolute Gasteiger partial charge is 0.383 e. The number of methoxy groups -OCH3 is 1. The number of hydrogen-bond donors (Lipinski definition) is 0. The predicted molar refractivity (Wildman–Crippen MR) is 77.3 cm³/mol. The lowest BCUT2D eigenvalue weighted by Crippen LogP contribution is -2.37. The van der Waals surface area contributed by atoms with Crippen molar-refractivity contribution in [3.8, 4) is 0 Å². The maximum atomic E-state index is 13.2. The van der Waals surface area contributed by atoms with E-state index in [4.69, 9.17) is 4.74 Å². The molecule has 2 aliphatic rings. The van der Waals surface area contributed by atoms with Gasteiger partial charge in [0, 0.05) is 26.7 Å². The fraction of sp³-hybridized carbons (Fsp3) is 0.500. The van der Waals surface area contributed by atoms with Gasteiger partial charge in [0.2, 0.25) is 11.8 Å². The molecule has 5 nitrogen and oxygen atoms in total. The van der Waals surface area contributed by atoms with E-state index in [2.05, 4.69) is 0 Å². The number of ether oxygens (including phenoxy) is 1. The van der Waals surface area contributed by atoms with Gasteiger partial charge in [-0.1, -0.05) is 12.1 Å². The minimum Gasteiger partial charge on any atom is -0.383 e. The number of carbonyl (C=O) groups excluding carboxylic acids is 2. The normalized spacial score (nSPS) is 25.1. The Morgan fingerprint density at radius 1 is 1.23 bits per heavy atom. The Hall–Kier alpha value is -1.79. The van der Waals surface area contributed by atoms with Crippen LogP contribution in [0.25, 0.3) is 0 Å². The van der Waals surface area contributed by atoms with Crippen molar-refractivity contribution in [1.82, 2.24) is 9.80 Å². The van der Waals surface area contributed by atoms with E-state index < -0.39 is 0 Å². The van der Waals surface area contributed by atoms with Gasteiger partial charge in [0.05, 0.1) is 25.0 Å². The molecule has 2 aliphatic heterocycles. The van der Waals surface area contributed by atoms with E-state index in [0.717, 1.165) is 5.56 Å². The van der Waals surface area contributed by atoms with Crippen LogP contribution in [0, 0.1) is 17.7 Å². The molecular weight excluding hydrogens is 287 g/mol. The van der Waals surface area contributed by atoms with Crippen molar-refractivity contribution in [3.63, 3.8) is 0 Å². The van der Waals surface area contributed by atoms with E-state index >= 15 is 0 Å². The molecule has 2 fully saturated rings. The third-order valence-corrected chi connectivity index (χ3v) is 4.38. The van der Waals surface area contributed by atoms with Gasteiger partial charge in [-0.15, -0.1) is 0 Å². The molecule has 3 rings (SSSR count). The molecule has 0 saturated carbocycles. The maximum Gasteiger partial charge on any atom is 0.234 e. The second-order valence-corrected chi connectivity index (χ2v) is 5.86. The summed E-state index contributed by atoms with van der Waals surface area (Å²) in [6, 6.07) is 6.42. The molecule has 0 spiro atoms. The summed E-state index contributed by atoms with van der Waals surface area (Å²) in [6.07, 6.45) is 0. The fourth-order valence-electron chi connectivity index (χ4n) is 3.32. The molecule has 6 heteroatoms. The van der Waals surface area contributed by atoms with Gasteiger partial charge in [0.15, 0.2) is 0 Å². The van der Waals surface area contributed by atoms with Gasteiger partial charge < -0.3 is 4.74 Å². The van der Waals surface area contributed by atoms with Crippen LogP contribution >= 0.6 is 0 Å². The summed E-state index contributed by atoms with van der Waals surface area (Å²) in [7, 11) is 1.55. The van der Waals surface area contributed by atoms with Crippen molar-refractivity contribution in [2.75, 3.05) is 33.4 Å². The number of benzene rings is 1. The highest BCUT2D eigenvalue weighted by molar-refractivity contribution is 6.05. The number of nitrogens with zero attached hydrogens (tertiary/aromatic N) is 2. The van der Waals surface area contributed by atoms with E-state index in [1.54, 1.807) is 13.2 Å². The zero-order valence-corrected chi connectivity index (χ0v) is 12.5. The highest BCUT2D eigenvalue weighted by Gasteiger charge is 2.51. The van der Waals surface area contributed by atoms with Gasteiger partial charge in [0.25, 0.3) is 0 Å². The highest BCUT2D eigenvalue weighted by Crippen LogP contribution is 2.33. The quantitative estimate of drug-likeness (QED) is 0.758. The molecule has 2 saturated heterocycles. The number of likely N-dealkylation sites (tertiary alicyclic amines) is 2. The van der Waals surface area contributed by atoms with Gasteiger partial charge in [-0.25, -0.2) is 4.39 Å². The van der Waals surface area contributed by atoms with Crippen molar-refractivity contribution < 1.29 is 18.7 Å². The van der Waals surface area contributed by atoms with Crippen LogP contribution in [0.5, 0.6) is 0 Å². The van der Waals surface area contributed by atoms with Crippen LogP contribution in [0.15, 0.2) is 24.3 Å². The number of amides is 2. The van der Waals surface area contributed by atoms with Gasteiger partial charge in [-0.05, 0) is 17.7 Å². The SMILES string of the molecule is COCCN1C(=O)[C@H]2CN(Cc3cccc(F)c3)C[C@H]2C1=O. The number of imide groups is 1. The van der Waals surface area contributed by atoms with Crippen LogP contribution in [-0.2, 0) is 20.9 Å². The van der Waals surface area contributed by atoms with E-state index in [-0.39, 0.29) is 29.5 Å². The van der Waals surface area contributed by atoms with Crippen molar-refractivity contribution in [3.05, 3.63) is 35.6 Å². The molecule has 0 aliphatic carbocycles. The maximum absolute atomic E-state index is 13.2. The summed E-state index contributed by atoms with van der Waals surface area (Å²) < 4.78 is 18.2. The van der Waals surface area contributed by atoms with Gasteiger partial charge in [-0.3, -0.25) is 19.4 Å². The third-order valence-electron chi connectivity index (χ3n) is 4.38. The zero-order valence-electron chi connectivity index (χ0n) is 12.5. The number of rotatable bonds is 5. The minimum absolute atomic E-state index is 0.103. The zero-order chi connectivity index (χ0) is 15.7. The molecule has 0 unspecified atom stereocenters. The molecule has 2 amide bonds. The molecule has 0 N–H and O–H groups in total. The monoisotopic (exact) mass is 306 g/mol. The standard InChI is InChI=1S/C16H19FN2O3/c1-22-6-5-19-15(20)13-9-18(10-14(13)16(19)21)8-11-3-2-4-12(17)7-11/h2-4,7,13-14H,5-6,8-10H2,1H3/t13-,14+. The average molecular weight is 306 g/mol. The first-order valence-electron chi connectivity index (χ1n) is 7.41. The molecule has 118 valence electrons. The Kier molecular flexibility index (Phi) is 4.22. The third kappa shape index (κ3) is 2.76. The Bertz CT molecular complexity index is 569. The van der Waals surface area contributed by atoms with Crippen molar-refractivity contribution >= 4 is 11.8 Å². The minimum atomic E-state index is -0.269. The first kappa shape index (κ1) is 15.1. The molecular formula is C16H19FN2O3. The summed E-state index contributed by atoms with van der Waals surface area (Å²) in [6.45, 7) is 2.35. The van der Waals surface area contributed by atoms with E-state index in [1.165, 1.54) is 17.0 Å². The first-order chi connectivity index (χ1) is 10.6. The summed E-state index contributed by atoms with van der Waals surface area (Å²) in [5, 5.41) is 0. The van der Waals surface area contributed by atoms with Gasteiger partial charge in [-0.2, -0.15) is 0 Å². The molecule has 1 aromatic rings. The Labute approximate surface area is 128 Å². The van der Waals surface area contributed by atoms with Crippen molar-refractivity contribution in [2.45, 2.75) is 6.54 Å². The molecule has 1 aromatic carbocycles. The summed E-state index contributed by atoms with van der Waals surface area (Å²) in [4.78, 5) is 28.0. The van der Waals surface area contributed by atoms with Crippen molar-refractivity contribution in [2.24, 2.45) is 11.8 Å². The average Bonchev–Trinajstić information content (AvgIpc) is 2.98. The smallest absolute Gasteiger partial charge is 0.234 e. The number of hydrogen-bond acceptors (Lipinski definition) is 4. The lowest BCUT2D eigenvalue weighted by Gasteiger charge is -2.20. The van der Waals surface area contributed by atoms with Crippen LogP contribution in [0.1, 0.15) is 5.56 Å². The Morgan fingerprint density at radius 3 is 2.50 bits per heavy atom. The number of fused-ring (bicyclic) bond motifs is 1. The van der Waals surface area contributed by atoms with E-state index in [0.29, 0.717) is 32.8 Å². The van der Waals surface area contributed by atoms with E-state index in [9.17, 15) is 14.0 Å². The Balaban J connectivity index is 1.64. The number of carbonyl (C=O) groups is 2. The summed E-state index contributed by atoms with van der Waals surface area (Å²) >= 11 is 0. The fourth-order valence-corrected chi connectivity index (χ4v) is 3.32. The van der Waals surface area contributed by atoms with Gasteiger partial charge in [0.1, 0.15) is 5.82 Å². The first-order valence-corrected chi connectivity index (χ1v) is 7.41. The summed E-state index contributed by atoms with van der Waals surface area (Å²) in [5.41, 5.74) is 0.858. The van der Waals surface area contributed by atoms with E-state index in [1.807, 2.05) is 11.0 Å². The van der Waals surface area contributed by atoms with Crippen LogP contribution in [0.3, 0.4) is 0 Å². The molecule has 0 aromatic heterocycles. The highest BCUT2D eigenvalue weighted by atomic mass is 19.1. The summed E-state index contributed by atoms with van der Waals surface area (Å²) in [5.74, 6) is -1.01. The number of halogens is 1. The lowest BCUT2D eigenvalue weighted by atomic mass is 10.00.